The first kappa shape index (κ1) is 33.7. The van der Waals surface area contributed by atoms with Crippen LogP contribution in [0.25, 0.3) is 0 Å². The number of ether oxygens (including phenoxy) is 1. The summed E-state index contributed by atoms with van der Waals surface area (Å²) < 4.78 is 61.0. The fourth-order valence-corrected chi connectivity index (χ4v) is 3.39. The quantitative estimate of drug-likeness (QED) is 0.106. The number of aliphatic hydroxyl groups is 1. The van der Waals surface area contributed by atoms with Gasteiger partial charge < -0.3 is 25.4 Å². The number of halogens is 3. The van der Waals surface area contributed by atoms with Crippen LogP contribution in [0.3, 0.4) is 0 Å². The molecule has 0 saturated heterocycles. The molecule has 0 aromatic rings. The molecule has 5 N–H and O–H groups in total. The van der Waals surface area contributed by atoms with Crippen molar-refractivity contribution in [3.63, 3.8) is 0 Å². The van der Waals surface area contributed by atoms with E-state index in [-0.39, 0.29) is 19.4 Å². The summed E-state index contributed by atoms with van der Waals surface area (Å²) in [5, 5.41) is 9.46. The molecule has 0 rings (SSSR count). The van der Waals surface area contributed by atoms with Gasteiger partial charge in [-0.1, -0.05) is 49.3 Å². The Morgan fingerprint density at radius 1 is 1.14 bits per heavy atom. The van der Waals surface area contributed by atoms with E-state index in [0.717, 1.165) is 31.8 Å². The summed E-state index contributed by atoms with van der Waals surface area (Å²) in [6.07, 6.45) is 8.30. The summed E-state index contributed by atoms with van der Waals surface area (Å²) in [4.78, 5) is 17.6. The monoisotopic (exact) mass is 527 g/mol. The molecule has 204 valence electrons. The predicted octanol–water partition coefficient (Wildman–Crippen LogP) is 5.49. The number of aliphatic hydroxyl groups excluding tert-OH is 1. The molecule has 1 unspecified atom stereocenters. The summed E-state index contributed by atoms with van der Waals surface area (Å²) in [6, 6.07) is 0. The molecule has 0 spiro atoms. The van der Waals surface area contributed by atoms with Crippen LogP contribution in [0.15, 0.2) is 47.1 Å². The van der Waals surface area contributed by atoms with Gasteiger partial charge in [-0.2, -0.15) is 13.2 Å². The number of allylic oxidation sites excluding steroid dienone is 7. The minimum atomic E-state index is -4.80. The van der Waals surface area contributed by atoms with Gasteiger partial charge in [0.25, 0.3) is 0 Å². The highest BCUT2D eigenvalue weighted by Crippen LogP contribution is 2.37. The largest absolute Gasteiger partial charge is 0.469 e. The van der Waals surface area contributed by atoms with Crippen molar-refractivity contribution in [2.75, 3.05) is 26.4 Å². The number of alkyl halides is 3. The van der Waals surface area contributed by atoms with Gasteiger partial charge in [-0.15, -0.1) is 0 Å². The van der Waals surface area contributed by atoms with Crippen molar-refractivity contribution in [3.05, 3.63) is 47.1 Å². The van der Waals surface area contributed by atoms with Gasteiger partial charge in [0, 0.05) is 6.61 Å². The van der Waals surface area contributed by atoms with Crippen LogP contribution < -0.4 is 5.73 Å². The Morgan fingerprint density at radius 2 is 1.80 bits per heavy atom. The van der Waals surface area contributed by atoms with Gasteiger partial charge in [0.15, 0.2) is 0 Å². The molecule has 0 heterocycles. The summed E-state index contributed by atoms with van der Waals surface area (Å²) in [7, 11) is -4.80. The van der Waals surface area contributed by atoms with Gasteiger partial charge in [-0.25, -0.2) is 4.57 Å². The van der Waals surface area contributed by atoms with Gasteiger partial charge in [0.2, 0.25) is 0 Å². The molecule has 1 atom stereocenters. The number of phosphoric acid groups is 1. The molecule has 0 aromatic heterocycles. The lowest BCUT2D eigenvalue weighted by atomic mass is 9.93. The van der Waals surface area contributed by atoms with Gasteiger partial charge in [0.1, 0.15) is 0 Å². The SMILES string of the molecule is C/C=C(\C=C(/COCCCC/C=C\C=C(CC)CC)C(F)(F)F)CCC(N)(CO)COP(=O)(O)O. The second-order valence-corrected chi connectivity index (χ2v) is 9.56. The molecule has 0 bridgehead atoms. The van der Waals surface area contributed by atoms with Gasteiger partial charge in [0.05, 0.1) is 30.9 Å². The van der Waals surface area contributed by atoms with E-state index >= 15 is 0 Å². The lowest BCUT2D eigenvalue weighted by Crippen LogP contribution is -2.47. The van der Waals surface area contributed by atoms with E-state index in [0.29, 0.717) is 12.0 Å². The Bertz CT molecular complexity index is 768. The molecule has 0 saturated carbocycles. The van der Waals surface area contributed by atoms with Gasteiger partial charge >= 0.3 is 14.0 Å². The second kappa shape index (κ2) is 17.2. The zero-order valence-corrected chi connectivity index (χ0v) is 21.8. The fourth-order valence-electron chi connectivity index (χ4n) is 2.97. The fraction of sp³-hybridized carbons (Fsp3) is 0.667. The first-order chi connectivity index (χ1) is 16.3. The first-order valence-corrected chi connectivity index (χ1v) is 13.3. The van der Waals surface area contributed by atoms with Crippen molar-refractivity contribution in [1.29, 1.82) is 0 Å². The molecule has 0 aromatic carbocycles. The van der Waals surface area contributed by atoms with Crippen LogP contribution >= 0.6 is 7.82 Å². The molecule has 7 nitrogen and oxygen atoms in total. The van der Waals surface area contributed by atoms with Crippen molar-refractivity contribution < 1.29 is 41.9 Å². The molecule has 0 aliphatic carbocycles. The van der Waals surface area contributed by atoms with Crippen molar-refractivity contribution in [3.8, 4) is 0 Å². The van der Waals surface area contributed by atoms with Crippen molar-refractivity contribution in [2.24, 2.45) is 5.73 Å². The highest BCUT2D eigenvalue weighted by molar-refractivity contribution is 7.46. The summed E-state index contributed by atoms with van der Waals surface area (Å²) >= 11 is 0. The summed E-state index contributed by atoms with van der Waals surface area (Å²) in [6.45, 7) is 4.08. The molecule has 0 radical (unpaired) electrons. The third-order valence-electron chi connectivity index (χ3n) is 5.38. The highest BCUT2D eigenvalue weighted by Gasteiger charge is 2.34. The molecular formula is C24H41F3NO6P. The maximum absolute atomic E-state index is 13.5. The number of phosphoric ester groups is 1. The summed E-state index contributed by atoms with van der Waals surface area (Å²) in [5.74, 6) is 0. The Hall–Kier alpha value is -1.26. The van der Waals surface area contributed by atoms with Crippen molar-refractivity contribution in [2.45, 2.75) is 77.4 Å². The number of rotatable bonds is 18. The number of unbranched alkanes of at least 4 members (excludes halogenated alkanes) is 2. The van der Waals surface area contributed by atoms with E-state index in [1.54, 1.807) is 6.92 Å². The number of hydrogen-bond donors (Lipinski definition) is 4. The van der Waals surface area contributed by atoms with Gasteiger partial charge in [-0.3, -0.25) is 4.52 Å². The Morgan fingerprint density at radius 3 is 2.31 bits per heavy atom. The van der Waals surface area contributed by atoms with Gasteiger partial charge in [-0.05, 0) is 57.9 Å². The van der Waals surface area contributed by atoms with Crippen LogP contribution in [0.4, 0.5) is 13.2 Å². The van der Waals surface area contributed by atoms with E-state index in [9.17, 15) is 22.8 Å². The molecule has 0 fully saturated rings. The number of nitrogens with two attached hydrogens (primary N) is 1. The Balaban J connectivity index is 4.78. The maximum Gasteiger partial charge on any atom is 0.469 e. The Labute approximate surface area is 206 Å². The summed E-state index contributed by atoms with van der Waals surface area (Å²) in [5.41, 5.74) is 5.19. The van der Waals surface area contributed by atoms with Crippen molar-refractivity contribution >= 4 is 7.82 Å². The zero-order chi connectivity index (χ0) is 27.0. The smallest absolute Gasteiger partial charge is 0.394 e. The lowest BCUT2D eigenvalue weighted by Gasteiger charge is -2.27. The average molecular weight is 528 g/mol. The maximum atomic E-state index is 13.5. The molecule has 0 aliphatic heterocycles. The van der Waals surface area contributed by atoms with Crippen LogP contribution in [0.5, 0.6) is 0 Å². The predicted molar refractivity (Wildman–Crippen MR) is 132 cm³/mol. The van der Waals surface area contributed by atoms with Crippen LogP contribution in [0.2, 0.25) is 0 Å². The van der Waals surface area contributed by atoms with E-state index in [4.69, 9.17) is 20.3 Å². The normalized spacial score (nSPS) is 15.5. The molecular weight excluding hydrogens is 486 g/mol. The van der Waals surface area contributed by atoms with Crippen LogP contribution in [0.1, 0.15) is 65.7 Å². The molecule has 0 aliphatic rings. The number of hydrogen-bond acceptors (Lipinski definition) is 5. The molecule has 0 amide bonds. The lowest BCUT2D eigenvalue weighted by molar-refractivity contribution is -0.101. The molecule has 11 heteroatoms. The zero-order valence-electron chi connectivity index (χ0n) is 20.9. The first-order valence-electron chi connectivity index (χ1n) is 11.7. The minimum Gasteiger partial charge on any atom is -0.394 e. The molecule has 35 heavy (non-hydrogen) atoms. The third-order valence-corrected chi connectivity index (χ3v) is 5.85. The van der Waals surface area contributed by atoms with E-state index in [1.165, 1.54) is 11.6 Å². The average Bonchev–Trinajstić information content (AvgIpc) is 2.79. The highest BCUT2D eigenvalue weighted by atomic mass is 31.2. The van der Waals surface area contributed by atoms with Crippen LogP contribution in [-0.2, 0) is 13.8 Å². The van der Waals surface area contributed by atoms with E-state index in [1.807, 2.05) is 12.2 Å². The van der Waals surface area contributed by atoms with Crippen LogP contribution in [0, 0.1) is 0 Å². The minimum absolute atomic E-state index is 0.0379. The van der Waals surface area contributed by atoms with Crippen LogP contribution in [-0.4, -0.2) is 53.0 Å². The standard InChI is InChI=1S/C24H41F3NO6P/c1-4-20(5-2)12-10-8-7-9-11-15-33-17-22(24(25,26)27)16-21(6-3)13-14-23(28,18-29)19-34-35(30,31)32/h6,8,10,12,16,29H,4-5,7,9,11,13-15,17-19,28H2,1-3H3,(H2,30,31,32)/b10-8-,21-6-,22-16+. The third kappa shape index (κ3) is 16.9. The van der Waals surface area contributed by atoms with Crippen molar-refractivity contribution in [1.82, 2.24) is 0 Å². The topological polar surface area (TPSA) is 122 Å². The second-order valence-electron chi connectivity index (χ2n) is 8.32. The Kier molecular flexibility index (Phi) is 16.6. The van der Waals surface area contributed by atoms with E-state index in [2.05, 4.69) is 24.4 Å². The van der Waals surface area contributed by atoms with E-state index < -0.39 is 44.9 Å².